The van der Waals surface area contributed by atoms with Gasteiger partial charge in [-0.2, -0.15) is 5.10 Å². The monoisotopic (exact) mass is 355 g/mol. The third-order valence-corrected chi connectivity index (χ3v) is 4.81. The van der Waals surface area contributed by atoms with Gasteiger partial charge in [-0.15, -0.1) is 0 Å². The minimum atomic E-state index is 0.348. The molecule has 108 valence electrons. The number of hydrogen-bond donors (Lipinski definition) is 1. The van der Waals surface area contributed by atoms with Crippen LogP contribution in [-0.4, -0.2) is 16.3 Å². The molecule has 0 saturated heterocycles. The fourth-order valence-electron chi connectivity index (χ4n) is 2.39. The van der Waals surface area contributed by atoms with E-state index < -0.39 is 0 Å². The highest BCUT2D eigenvalue weighted by Crippen LogP contribution is 2.25. The van der Waals surface area contributed by atoms with Gasteiger partial charge in [-0.25, -0.2) is 0 Å². The second-order valence-electron chi connectivity index (χ2n) is 5.07. The summed E-state index contributed by atoms with van der Waals surface area (Å²) in [6.45, 7) is 2.55. The molecule has 0 aliphatic carbocycles. The zero-order valence-corrected chi connectivity index (χ0v) is 14.1. The van der Waals surface area contributed by atoms with Gasteiger partial charge in [0, 0.05) is 11.5 Å². The van der Waals surface area contributed by atoms with Crippen LogP contribution in [0.4, 0.5) is 0 Å². The minimum Gasteiger partial charge on any atom is -0.330 e. The lowest BCUT2D eigenvalue weighted by atomic mass is 9.94. The summed E-state index contributed by atoms with van der Waals surface area (Å²) in [5, 5.41) is 5.12. The molecule has 1 unspecified atom stereocenters. The van der Waals surface area contributed by atoms with Crippen LogP contribution in [0.15, 0.2) is 28.7 Å². The summed E-state index contributed by atoms with van der Waals surface area (Å²) in [4.78, 5) is 0. The lowest BCUT2D eigenvalue weighted by Gasteiger charge is -2.16. The molecule has 0 amide bonds. The maximum atomic E-state index is 6.32. The molecular formula is C15H19BrClN3. The average molecular weight is 357 g/mol. The molecule has 1 aromatic heterocycles. The van der Waals surface area contributed by atoms with Crippen LogP contribution in [0.3, 0.4) is 0 Å². The van der Waals surface area contributed by atoms with Crippen LogP contribution < -0.4 is 5.73 Å². The van der Waals surface area contributed by atoms with E-state index in [1.807, 2.05) is 24.7 Å². The number of aryl methyl sites for hydroxylation is 2. The second-order valence-corrected chi connectivity index (χ2v) is 6.30. The van der Waals surface area contributed by atoms with Gasteiger partial charge in [-0.1, -0.05) is 45.7 Å². The maximum absolute atomic E-state index is 6.32. The predicted molar refractivity (Wildman–Crippen MR) is 87.0 cm³/mol. The molecule has 3 nitrogen and oxygen atoms in total. The van der Waals surface area contributed by atoms with Gasteiger partial charge in [-0.3, -0.25) is 4.68 Å². The van der Waals surface area contributed by atoms with E-state index >= 15 is 0 Å². The molecule has 2 rings (SSSR count). The molecule has 0 spiro atoms. The molecule has 5 heteroatoms. The number of aromatic nitrogens is 2. The number of rotatable bonds is 5. The fourth-order valence-corrected chi connectivity index (χ4v) is 3.07. The highest BCUT2D eigenvalue weighted by atomic mass is 79.9. The number of hydrogen-bond acceptors (Lipinski definition) is 2. The van der Waals surface area contributed by atoms with Crippen molar-refractivity contribution in [2.45, 2.75) is 19.8 Å². The molecule has 1 aromatic carbocycles. The highest BCUT2D eigenvalue weighted by molar-refractivity contribution is 9.10. The number of nitrogens with two attached hydrogens (primary N) is 1. The summed E-state index contributed by atoms with van der Waals surface area (Å²) in [6, 6.07) is 8.26. The van der Waals surface area contributed by atoms with E-state index in [2.05, 4.69) is 39.2 Å². The van der Waals surface area contributed by atoms with Crippen molar-refractivity contribution >= 4 is 27.5 Å². The number of halogens is 2. The fraction of sp³-hybridized carbons (Fsp3) is 0.400. The van der Waals surface area contributed by atoms with Crippen LogP contribution in [0.25, 0.3) is 0 Å². The Hall–Kier alpha value is -0.840. The largest absolute Gasteiger partial charge is 0.330 e. The topological polar surface area (TPSA) is 43.8 Å². The summed E-state index contributed by atoms with van der Waals surface area (Å²) in [5.74, 6) is 0.348. The van der Waals surface area contributed by atoms with Crippen molar-refractivity contribution in [3.8, 4) is 0 Å². The van der Waals surface area contributed by atoms with E-state index in [4.69, 9.17) is 17.3 Å². The van der Waals surface area contributed by atoms with Gasteiger partial charge in [0.05, 0.1) is 16.4 Å². The van der Waals surface area contributed by atoms with Crippen LogP contribution in [-0.2, 0) is 19.9 Å². The third-order valence-electron chi connectivity index (χ3n) is 3.54. The molecule has 2 aromatic rings. The summed E-state index contributed by atoms with van der Waals surface area (Å²) in [5.41, 5.74) is 9.15. The number of nitrogens with zero attached hydrogens (tertiary/aromatic N) is 2. The van der Waals surface area contributed by atoms with Gasteiger partial charge in [0.15, 0.2) is 0 Å². The maximum Gasteiger partial charge on any atom is 0.0847 e. The smallest absolute Gasteiger partial charge is 0.0847 e. The van der Waals surface area contributed by atoms with Gasteiger partial charge < -0.3 is 5.73 Å². The lowest BCUT2D eigenvalue weighted by Crippen LogP contribution is -2.21. The molecule has 0 fully saturated rings. The molecule has 0 radical (unpaired) electrons. The minimum absolute atomic E-state index is 0.348. The highest BCUT2D eigenvalue weighted by Gasteiger charge is 2.17. The molecule has 1 atom stereocenters. The van der Waals surface area contributed by atoms with Crippen molar-refractivity contribution in [2.75, 3.05) is 6.54 Å². The van der Waals surface area contributed by atoms with Gasteiger partial charge in [-0.05, 0) is 43.9 Å². The van der Waals surface area contributed by atoms with Crippen LogP contribution in [0.2, 0.25) is 5.02 Å². The zero-order chi connectivity index (χ0) is 14.7. The quantitative estimate of drug-likeness (QED) is 0.891. The van der Waals surface area contributed by atoms with E-state index in [1.54, 1.807) is 0 Å². The predicted octanol–water partition coefficient (Wildman–Crippen LogP) is 3.50. The van der Waals surface area contributed by atoms with Gasteiger partial charge in [0.25, 0.3) is 0 Å². The molecule has 1 heterocycles. The first kappa shape index (κ1) is 15.5. The Morgan fingerprint density at radius 3 is 2.60 bits per heavy atom. The van der Waals surface area contributed by atoms with Crippen LogP contribution in [0.1, 0.15) is 17.0 Å². The molecule has 0 saturated carbocycles. The van der Waals surface area contributed by atoms with E-state index in [-0.39, 0.29) is 0 Å². The van der Waals surface area contributed by atoms with Gasteiger partial charge >= 0.3 is 0 Å². The first-order valence-corrected chi connectivity index (χ1v) is 7.81. The Bertz CT molecular complexity index is 595. The van der Waals surface area contributed by atoms with Crippen LogP contribution in [0, 0.1) is 12.8 Å². The van der Waals surface area contributed by atoms with E-state index in [9.17, 15) is 0 Å². The van der Waals surface area contributed by atoms with Crippen molar-refractivity contribution in [1.82, 2.24) is 9.78 Å². The summed E-state index contributed by atoms with van der Waals surface area (Å²) >= 11 is 9.90. The molecule has 2 N–H and O–H groups in total. The summed E-state index contributed by atoms with van der Waals surface area (Å²) in [6.07, 6.45) is 1.77. The molecule has 20 heavy (non-hydrogen) atoms. The Labute approximate surface area is 133 Å². The Balaban J connectivity index is 2.15. The first-order chi connectivity index (χ1) is 9.52. The van der Waals surface area contributed by atoms with E-state index in [0.717, 1.165) is 33.7 Å². The van der Waals surface area contributed by atoms with Gasteiger partial charge in [0.2, 0.25) is 0 Å². The van der Waals surface area contributed by atoms with Crippen LogP contribution >= 0.6 is 27.5 Å². The summed E-state index contributed by atoms with van der Waals surface area (Å²) in [7, 11) is 1.93. The Morgan fingerprint density at radius 1 is 1.35 bits per heavy atom. The van der Waals surface area contributed by atoms with Crippen molar-refractivity contribution in [3.63, 3.8) is 0 Å². The van der Waals surface area contributed by atoms with Crippen molar-refractivity contribution in [3.05, 3.63) is 50.7 Å². The normalized spacial score (nSPS) is 12.7. The van der Waals surface area contributed by atoms with Gasteiger partial charge in [0.1, 0.15) is 0 Å². The van der Waals surface area contributed by atoms with E-state index in [0.29, 0.717) is 12.5 Å². The lowest BCUT2D eigenvalue weighted by molar-refractivity contribution is 0.510. The Morgan fingerprint density at radius 2 is 2.05 bits per heavy atom. The molecular weight excluding hydrogens is 338 g/mol. The molecule has 0 bridgehead atoms. The summed E-state index contributed by atoms with van der Waals surface area (Å²) < 4.78 is 2.99. The third kappa shape index (κ3) is 3.43. The SMILES string of the molecule is Cc1nn(C)c(CC(CN)Cc2ccccc2Br)c1Cl. The van der Waals surface area contributed by atoms with E-state index in [1.165, 1.54) is 5.56 Å². The molecule has 0 aliphatic heterocycles. The zero-order valence-electron chi connectivity index (χ0n) is 11.7. The van der Waals surface area contributed by atoms with Crippen molar-refractivity contribution in [2.24, 2.45) is 18.7 Å². The average Bonchev–Trinajstić information content (AvgIpc) is 2.66. The first-order valence-electron chi connectivity index (χ1n) is 6.64. The van der Waals surface area contributed by atoms with Crippen molar-refractivity contribution in [1.29, 1.82) is 0 Å². The van der Waals surface area contributed by atoms with Crippen LogP contribution in [0.5, 0.6) is 0 Å². The second kappa shape index (κ2) is 6.74. The van der Waals surface area contributed by atoms with Crippen molar-refractivity contribution < 1.29 is 0 Å². The molecule has 0 aliphatic rings. The Kier molecular flexibility index (Phi) is 5.24. The number of benzene rings is 1. The standard InChI is InChI=1S/C15H19BrClN3/c1-10-15(17)14(20(2)19-10)8-11(9-18)7-12-5-3-4-6-13(12)16/h3-6,11H,7-9,18H2,1-2H3.